The fourth-order valence-corrected chi connectivity index (χ4v) is 1.11. The Bertz CT molecular complexity index is 446. The van der Waals surface area contributed by atoms with Gasteiger partial charge in [0.25, 0.3) is 0 Å². The van der Waals surface area contributed by atoms with Gasteiger partial charge in [0.2, 0.25) is 0 Å². The Labute approximate surface area is 93.4 Å². The maximum Gasteiger partial charge on any atom is 0.340 e. The Morgan fingerprint density at radius 3 is 2.88 bits per heavy atom. The Morgan fingerprint density at radius 1 is 1.56 bits per heavy atom. The van der Waals surface area contributed by atoms with Crippen molar-refractivity contribution in [2.45, 2.75) is 6.42 Å². The fraction of sp³-hybridized carbons (Fsp3) is 0.250. The average Bonchev–Trinajstić information content (AvgIpc) is 2.29. The standard InChI is InChI=1S/C12H12FNO2/c1-16-12(15)10-6-5-9(8-11(10)13)4-2-3-7-14/h5-6,8H,3,7,14H2,1H3. The molecule has 0 fully saturated rings. The van der Waals surface area contributed by atoms with Crippen LogP contribution in [0.25, 0.3) is 0 Å². The zero-order valence-electron chi connectivity index (χ0n) is 8.92. The summed E-state index contributed by atoms with van der Waals surface area (Å²) < 4.78 is 17.8. The summed E-state index contributed by atoms with van der Waals surface area (Å²) >= 11 is 0. The highest BCUT2D eigenvalue weighted by atomic mass is 19.1. The van der Waals surface area contributed by atoms with Crippen LogP contribution >= 0.6 is 0 Å². The quantitative estimate of drug-likeness (QED) is 0.605. The summed E-state index contributed by atoms with van der Waals surface area (Å²) in [5, 5.41) is 0. The van der Waals surface area contributed by atoms with Gasteiger partial charge in [-0.3, -0.25) is 0 Å². The summed E-state index contributed by atoms with van der Waals surface area (Å²) in [7, 11) is 1.21. The topological polar surface area (TPSA) is 52.3 Å². The SMILES string of the molecule is COC(=O)c1ccc(C#CCCN)cc1F. The van der Waals surface area contributed by atoms with Crippen LogP contribution in [0.5, 0.6) is 0 Å². The molecule has 0 amide bonds. The van der Waals surface area contributed by atoms with Crippen molar-refractivity contribution in [1.29, 1.82) is 0 Å². The highest BCUT2D eigenvalue weighted by Crippen LogP contribution is 2.10. The largest absolute Gasteiger partial charge is 0.465 e. The minimum Gasteiger partial charge on any atom is -0.465 e. The minimum atomic E-state index is -0.695. The normalized spacial score (nSPS) is 9.19. The van der Waals surface area contributed by atoms with Gasteiger partial charge in [-0.25, -0.2) is 9.18 Å². The first-order chi connectivity index (χ1) is 7.69. The van der Waals surface area contributed by atoms with Crippen molar-refractivity contribution in [1.82, 2.24) is 0 Å². The summed E-state index contributed by atoms with van der Waals surface area (Å²) in [5.41, 5.74) is 5.69. The molecule has 2 N–H and O–H groups in total. The van der Waals surface area contributed by atoms with Crippen molar-refractivity contribution in [3.8, 4) is 11.8 Å². The lowest BCUT2D eigenvalue weighted by Gasteiger charge is -2.00. The van der Waals surface area contributed by atoms with Gasteiger partial charge < -0.3 is 10.5 Å². The van der Waals surface area contributed by atoms with Crippen LogP contribution in [0, 0.1) is 17.7 Å². The molecule has 1 aromatic rings. The molecule has 0 aliphatic heterocycles. The number of nitrogens with two attached hydrogens (primary N) is 1. The van der Waals surface area contributed by atoms with Crippen molar-refractivity contribution in [2.75, 3.05) is 13.7 Å². The van der Waals surface area contributed by atoms with E-state index < -0.39 is 11.8 Å². The van der Waals surface area contributed by atoms with Gasteiger partial charge in [0, 0.05) is 18.5 Å². The van der Waals surface area contributed by atoms with Gasteiger partial charge in [0.1, 0.15) is 5.82 Å². The van der Waals surface area contributed by atoms with Crippen LogP contribution in [-0.2, 0) is 4.74 Å². The molecule has 1 rings (SSSR count). The first-order valence-corrected chi connectivity index (χ1v) is 4.76. The van der Waals surface area contributed by atoms with E-state index in [1.807, 2.05) is 0 Å². The van der Waals surface area contributed by atoms with E-state index in [4.69, 9.17) is 5.73 Å². The van der Waals surface area contributed by atoms with Crippen LogP contribution in [0.3, 0.4) is 0 Å². The van der Waals surface area contributed by atoms with Crippen LogP contribution in [0.1, 0.15) is 22.3 Å². The molecule has 0 heterocycles. The third-order valence-electron chi connectivity index (χ3n) is 1.88. The molecule has 0 bridgehead atoms. The van der Waals surface area contributed by atoms with E-state index in [-0.39, 0.29) is 5.56 Å². The first-order valence-electron chi connectivity index (χ1n) is 4.76. The van der Waals surface area contributed by atoms with Crippen LogP contribution in [0.15, 0.2) is 18.2 Å². The molecule has 0 aliphatic carbocycles. The number of rotatable bonds is 2. The van der Waals surface area contributed by atoms with Crippen molar-refractivity contribution in [3.63, 3.8) is 0 Å². The number of benzene rings is 1. The minimum absolute atomic E-state index is 0.0909. The van der Waals surface area contributed by atoms with Crippen LogP contribution in [-0.4, -0.2) is 19.6 Å². The molecule has 4 heteroatoms. The van der Waals surface area contributed by atoms with Crippen LogP contribution in [0.4, 0.5) is 4.39 Å². The molecule has 0 atom stereocenters. The molecule has 0 saturated heterocycles. The Balaban J connectivity index is 2.92. The Hall–Kier alpha value is -1.86. The molecule has 0 aliphatic rings. The van der Waals surface area contributed by atoms with Crippen LogP contribution < -0.4 is 5.73 Å². The van der Waals surface area contributed by atoms with Crippen molar-refractivity contribution < 1.29 is 13.9 Å². The summed E-state index contributed by atoms with van der Waals surface area (Å²) in [6.45, 7) is 0.468. The van der Waals surface area contributed by atoms with Crippen molar-refractivity contribution in [2.24, 2.45) is 5.73 Å². The van der Waals surface area contributed by atoms with Gasteiger partial charge in [-0.2, -0.15) is 0 Å². The molecule has 1 aromatic carbocycles. The van der Waals surface area contributed by atoms with Crippen molar-refractivity contribution >= 4 is 5.97 Å². The monoisotopic (exact) mass is 221 g/mol. The van der Waals surface area contributed by atoms with E-state index in [1.165, 1.54) is 19.2 Å². The molecule has 0 aromatic heterocycles. The number of carbonyl (C=O) groups excluding carboxylic acids is 1. The highest BCUT2D eigenvalue weighted by molar-refractivity contribution is 5.89. The molecular formula is C12H12FNO2. The Morgan fingerprint density at radius 2 is 2.31 bits per heavy atom. The molecule has 84 valence electrons. The van der Waals surface area contributed by atoms with E-state index in [9.17, 15) is 9.18 Å². The second kappa shape index (κ2) is 5.89. The number of halogens is 1. The lowest BCUT2D eigenvalue weighted by molar-refractivity contribution is 0.0595. The van der Waals surface area contributed by atoms with E-state index in [0.717, 1.165) is 0 Å². The summed E-state index contributed by atoms with van der Waals surface area (Å²) in [6, 6.07) is 4.13. The number of esters is 1. The third-order valence-corrected chi connectivity index (χ3v) is 1.88. The summed E-state index contributed by atoms with van der Waals surface area (Å²) in [4.78, 5) is 11.1. The zero-order chi connectivity index (χ0) is 12.0. The highest BCUT2D eigenvalue weighted by Gasteiger charge is 2.11. The van der Waals surface area contributed by atoms with Crippen molar-refractivity contribution in [3.05, 3.63) is 35.1 Å². The maximum atomic E-state index is 13.4. The van der Waals surface area contributed by atoms with E-state index >= 15 is 0 Å². The molecule has 0 unspecified atom stereocenters. The maximum absolute atomic E-state index is 13.4. The van der Waals surface area contributed by atoms with E-state index in [1.54, 1.807) is 6.07 Å². The molecular weight excluding hydrogens is 209 g/mol. The predicted octanol–water partition coefficient (Wildman–Crippen LogP) is 1.31. The first kappa shape index (κ1) is 12.2. The van der Waals surface area contributed by atoms with Crippen LogP contribution in [0.2, 0.25) is 0 Å². The predicted molar refractivity (Wildman–Crippen MR) is 58.3 cm³/mol. The van der Waals surface area contributed by atoms with Gasteiger partial charge in [-0.05, 0) is 18.2 Å². The molecule has 0 radical (unpaired) electrons. The summed E-state index contributed by atoms with van der Waals surface area (Å²) in [5.74, 6) is 4.20. The van der Waals surface area contributed by atoms with Gasteiger partial charge in [-0.1, -0.05) is 11.8 Å². The average molecular weight is 221 g/mol. The number of hydrogen-bond acceptors (Lipinski definition) is 3. The summed E-state index contributed by atoms with van der Waals surface area (Å²) in [6.07, 6.45) is 0.556. The second-order valence-electron chi connectivity index (χ2n) is 3.03. The number of methoxy groups -OCH3 is 1. The number of hydrogen-bond donors (Lipinski definition) is 1. The lowest BCUT2D eigenvalue weighted by Crippen LogP contribution is -2.04. The molecule has 0 spiro atoms. The van der Waals surface area contributed by atoms with Gasteiger partial charge in [0.05, 0.1) is 12.7 Å². The molecule has 16 heavy (non-hydrogen) atoms. The fourth-order valence-electron chi connectivity index (χ4n) is 1.11. The van der Waals surface area contributed by atoms with Gasteiger partial charge >= 0.3 is 5.97 Å². The molecule has 3 nitrogen and oxygen atoms in total. The lowest BCUT2D eigenvalue weighted by atomic mass is 10.1. The number of ether oxygens (including phenoxy) is 1. The van der Waals surface area contributed by atoms with E-state index in [2.05, 4.69) is 16.6 Å². The Kier molecular flexibility index (Phi) is 4.49. The van der Waals surface area contributed by atoms with Gasteiger partial charge in [0.15, 0.2) is 0 Å². The smallest absolute Gasteiger partial charge is 0.340 e. The number of carbonyl (C=O) groups is 1. The van der Waals surface area contributed by atoms with Gasteiger partial charge in [-0.15, -0.1) is 0 Å². The third kappa shape index (κ3) is 3.07. The zero-order valence-corrected chi connectivity index (χ0v) is 8.92. The second-order valence-corrected chi connectivity index (χ2v) is 3.03. The molecule has 0 saturated carbocycles. The van der Waals surface area contributed by atoms with E-state index in [0.29, 0.717) is 18.5 Å².